The lowest BCUT2D eigenvalue weighted by atomic mass is 9.83. The van der Waals surface area contributed by atoms with E-state index in [-0.39, 0.29) is 11.2 Å². The van der Waals surface area contributed by atoms with Crippen molar-refractivity contribution >= 4 is 62.2 Å². The van der Waals surface area contributed by atoms with Crippen LogP contribution in [0.2, 0.25) is 0 Å². The van der Waals surface area contributed by atoms with Crippen LogP contribution in [0.3, 0.4) is 0 Å². The number of nitro benzene ring substituents is 1. The minimum atomic E-state index is -0.513. The molecule has 0 unspecified atom stereocenters. The second-order valence-corrected chi connectivity index (χ2v) is 14.1. The highest BCUT2D eigenvalue weighted by Gasteiger charge is 2.33. The molecular weight excluding hydrogens is 749 g/mol. The predicted molar refractivity (Wildman–Crippen MR) is 200 cm³/mol. The molecule has 0 amide bonds. The first kappa shape index (κ1) is 31.2. The number of allylic oxidation sites excluding steroid dienone is 1. The van der Waals surface area contributed by atoms with Gasteiger partial charge in [-0.2, -0.15) is 0 Å². The van der Waals surface area contributed by atoms with Gasteiger partial charge in [-0.3, -0.25) is 19.5 Å². The van der Waals surface area contributed by atoms with E-state index in [2.05, 4.69) is 59.0 Å². The number of non-ortho nitro benzene ring substituents is 1. The summed E-state index contributed by atoms with van der Waals surface area (Å²) in [4.78, 5) is 31.3. The first-order valence-corrected chi connectivity index (χ1v) is 17.6. The van der Waals surface area contributed by atoms with Gasteiger partial charge in [0.15, 0.2) is 16.3 Å². The number of nitro groups is 1. The lowest BCUT2D eigenvalue weighted by molar-refractivity contribution is -0.384. The van der Waals surface area contributed by atoms with E-state index in [1.54, 1.807) is 23.8 Å². The molecule has 1 aliphatic carbocycles. The zero-order chi connectivity index (χ0) is 33.6. The van der Waals surface area contributed by atoms with Crippen LogP contribution < -0.4 is 24.4 Å². The van der Waals surface area contributed by atoms with E-state index in [0.29, 0.717) is 39.4 Å². The first-order valence-electron chi connectivity index (χ1n) is 15.7. The maximum Gasteiger partial charge on any atom is 0.271 e. The second-order valence-electron chi connectivity index (χ2n) is 11.9. The molecule has 8 nitrogen and oxygen atoms in total. The highest BCUT2D eigenvalue weighted by molar-refractivity contribution is 14.1. The molecule has 0 N–H and O–H groups in total. The van der Waals surface area contributed by atoms with Crippen LogP contribution in [0.4, 0.5) is 5.69 Å². The average molecular weight is 778 g/mol. The fraction of sp³-hybridized carbons (Fsp3) is 0.128. The van der Waals surface area contributed by atoms with Crippen LogP contribution in [0, 0.1) is 13.7 Å². The molecule has 1 aliphatic heterocycles. The number of nitrogens with zero attached hydrogens (tertiary/aromatic N) is 3. The molecule has 8 rings (SSSR count). The quantitative estimate of drug-likeness (QED) is 0.0948. The number of thiazole rings is 1. The van der Waals surface area contributed by atoms with E-state index < -0.39 is 11.0 Å². The van der Waals surface area contributed by atoms with Crippen molar-refractivity contribution in [1.29, 1.82) is 0 Å². The van der Waals surface area contributed by atoms with Crippen molar-refractivity contribution < 1.29 is 14.4 Å². The van der Waals surface area contributed by atoms with Crippen LogP contribution in [-0.4, -0.2) is 16.6 Å². The summed E-state index contributed by atoms with van der Waals surface area (Å²) in [7, 11) is 1.61. The van der Waals surface area contributed by atoms with Crippen LogP contribution in [0.25, 0.3) is 22.5 Å². The van der Waals surface area contributed by atoms with Gasteiger partial charge in [0.2, 0.25) is 0 Å². The molecular formula is C39H28IN3O5S. The number of ether oxygens (including phenoxy) is 2. The molecule has 242 valence electrons. The zero-order valence-corrected chi connectivity index (χ0v) is 29.2. The Morgan fingerprint density at radius 2 is 1.80 bits per heavy atom. The summed E-state index contributed by atoms with van der Waals surface area (Å²) in [5.74, 6) is 1.19. The Balaban J connectivity index is 1.22. The van der Waals surface area contributed by atoms with Gasteiger partial charge >= 0.3 is 0 Å². The minimum absolute atomic E-state index is 0.0144. The molecule has 0 saturated carbocycles. The van der Waals surface area contributed by atoms with Gasteiger partial charge < -0.3 is 9.47 Å². The molecule has 6 aromatic rings. The molecule has 0 saturated heterocycles. The van der Waals surface area contributed by atoms with Gasteiger partial charge in [-0.25, -0.2) is 4.99 Å². The van der Waals surface area contributed by atoms with Crippen LogP contribution in [0.1, 0.15) is 40.3 Å². The number of aryl methyl sites for hydroxylation is 1. The zero-order valence-electron chi connectivity index (χ0n) is 26.3. The molecule has 10 heteroatoms. The standard InChI is InChI=1S/C39H28IN3O5S/c1-47-33-19-23(18-32(40)37(33)48-22-27-12-6-10-24-8-2-4-14-29(24)27)20-34-38(44)42-36(26-11-7-13-28(21-26)43(45)46)31-17-16-25-9-3-5-15-30(25)35(31)41-39(42)49-34/h2-15,18-21,36H,16-17,22H2,1H3/b34-20-/t36-/m0/s1. The number of halogens is 1. The summed E-state index contributed by atoms with van der Waals surface area (Å²) in [5, 5.41) is 14.0. The van der Waals surface area contributed by atoms with E-state index in [1.165, 1.54) is 23.0 Å². The lowest BCUT2D eigenvalue weighted by Crippen LogP contribution is -2.38. The fourth-order valence-corrected chi connectivity index (χ4v) is 8.60. The van der Waals surface area contributed by atoms with E-state index in [4.69, 9.17) is 14.5 Å². The van der Waals surface area contributed by atoms with Gasteiger partial charge in [-0.05, 0) is 92.2 Å². The van der Waals surface area contributed by atoms with Crippen LogP contribution in [-0.2, 0) is 13.0 Å². The van der Waals surface area contributed by atoms with Gasteiger partial charge in [0, 0.05) is 17.7 Å². The second kappa shape index (κ2) is 12.8. The number of fused-ring (bicyclic) bond motifs is 4. The molecule has 49 heavy (non-hydrogen) atoms. The highest BCUT2D eigenvalue weighted by atomic mass is 127. The maximum atomic E-state index is 14.3. The number of hydrogen-bond donors (Lipinski definition) is 0. The third-order valence-corrected chi connectivity index (χ3v) is 10.9. The molecule has 5 aromatic carbocycles. The van der Waals surface area contributed by atoms with Crippen molar-refractivity contribution in [3.63, 3.8) is 0 Å². The average Bonchev–Trinajstić information content (AvgIpc) is 3.43. The molecule has 1 aromatic heterocycles. The van der Waals surface area contributed by atoms with Crippen LogP contribution >= 0.6 is 33.9 Å². The van der Waals surface area contributed by atoms with Crippen LogP contribution in [0.15, 0.2) is 118 Å². The summed E-state index contributed by atoms with van der Waals surface area (Å²) in [5.41, 5.74) is 6.40. The van der Waals surface area contributed by atoms with Gasteiger partial charge in [0.1, 0.15) is 6.61 Å². The molecule has 0 bridgehead atoms. The van der Waals surface area contributed by atoms with Crippen molar-refractivity contribution in [2.45, 2.75) is 25.5 Å². The highest BCUT2D eigenvalue weighted by Crippen LogP contribution is 2.42. The summed E-state index contributed by atoms with van der Waals surface area (Å²) in [6, 6.07) is 32.5. The smallest absolute Gasteiger partial charge is 0.271 e. The monoisotopic (exact) mass is 777 g/mol. The molecule has 0 radical (unpaired) electrons. The van der Waals surface area contributed by atoms with E-state index >= 15 is 0 Å². The Morgan fingerprint density at radius 3 is 2.65 bits per heavy atom. The molecule has 0 spiro atoms. The van der Waals surface area contributed by atoms with Gasteiger partial charge in [-0.15, -0.1) is 0 Å². The number of hydrogen-bond acceptors (Lipinski definition) is 7. The summed E-state index contributed by atoms with van der Waals surface area (Å²) in [6.07, 6.45) is 3.35. The third-order valence-electron chi connectivity index (χ3n) is 9.07. The Labute approximate surface area is 298 Å². The van der Waals surface area contributed by atoms with E-state index in [9.17, 15) is 14.9 Å². The van der Waals surface area contributed by atoms with E-state index in [1.807, 2.05) is 54.6 Å². The van der Waals surface area contributed by atoms with Crippen molar-refractivity contribution in [3.05, 3.63) is 170 Å². The lowest BCUT2D eigenvalue weighted by Gasteiger charge is -2.30. The Hall–Kier alpha value is -5.07. The summed E-state index contributed by atoms with van der Waals surface area (Å²) in [6.45, 7) is 0.372. The normalized spacial score (nSPS) is 15.3. The molecule has 2 aliphatic rings. The number of methoxy groups -OCH3 is 1. The Kier molecular flexibility index (Phi) is 8.12. The molecule has 1 atom stereocenters. The van der Waals surface area contributed by atoms with Crippen LogP contribution in [0.5, 0.6) is 11.5 Å². The third kappa shape index (κ3) is 5.64. The number of rotatable bonds is 7. The van der Waals surface area contributed by atoms with Crippen molar-refractivity contribution in [3.8, 4) is 11.5 Å². The van der Waals surface area contributed by atoms with Crippen molar-refractivity contribution in [1.82, 2.24) is 4.57 Å². The summed E-state index contributed by atoms with van der Waals surface area (Å²) < 4.78 is 15.2. The minimum Gasteiger partial charge on any atom is -0.493 e. The Bertz CT molecular complexity index is 2530. The number of aromatic nitrogens is 1. The van der Waals surface area contributed by atoms with Gasteiger partial charge in [0.05, 0.1) is 31.9 Å². The van der Waals surface area contributed by atoms with Gasteiger partial charge in [-0.1, -0.05) is 90.2 Å². The molecule has 0 fully saturated rings. The van der Waals surface area contributed by atoms with E-state index in [0.717, 1.165) is 48.7 Å². The topological polar surface area (TPSA) is 96.0 Å². The fourth-order valence-electron chi connectivity index (χ4n) is 6.81. The first-order chi connectivity index (χ1) is 23.9. The maximum absolute atomic E-state index is 14.3. The van der Waals surface area contributed by atoms with Crippen molar-refractivity contribution in [2.24, 2.45) is 4.99 Å². The molecule has 2 heterocycles. The van der Waals surface area contributed by atoms with Crippen molar-refractivity contribution in [2.75, 3.05) is 7.11 Å². The number of benzene rings is 5. The SMILES string of the molecule is COc1cc(/C=c2\sc3n(c2=O)[C@@H](c2cccc([N+](=O)[O-])c2)C2=C(N=3)c3ccccc3CC2)cc(I)c1OCc1cccc2ccccc12. The summed E-state index contributed by atoms with van der Waals surface area (Å²) >= 11 is 3.55. The largest absolute Gasteiger partial charge is 0.493 e. The predicted octanol–water partition coefficient (Wildman–Crippen LogP) is 7.57. The van der Waals surface area contributed by atoms with Gasteiger partial charge in [0.25, 0.3) is 11.2 Å². The Morgan fingerprint density at radius 1 is 1.00 bits per heavy atom.